The van der Waals surface area contributed by atoms with E-state index in [0.29, 0.717) is 6.42 Å². The summed E-state index contributed by atoms with van der Waals surface area (Å²) >= 11 is 0. The van der Waals surface area contributed by atoms with E-state index in [1.54, 1.807) is 6.08 Å². The fraction of sp³-hybridized carbons (Fsp3) is 0.708. The number of hydrogen-bond acceptors (Lipinski definition) is 4. The third kappa shape index (κ3) is 20.2. The number of aliphatic hydroxyl groups is 1. The molecule has 1 amide bonds. The van der Waals surface area contributed by atoms with Gasteiger partial charge >= 0.3 is 0 Å². The summed E-state index contributed by atoms with van der Waals surface area (Å²) in [6, 6.07) is -1.07. The molecule has 0 heterocycles. The van der Waals surface area contributed by atoms with Crippen LogP contribution in [0.25, 0.3) is 0 Å². The number of amides is 1. The molecule has 0 aromatic heterocycles. The summed E-state index contributed by atoms with van der Waals surface area (Å²) in [5.74, 6) is -1.02. The number of aliphatic hydroxyl groups excluding tert-OH is 1. The van der Waals surface area contributed by atoms with Crippen LogP contribution in [0.1, 0.15) is 90.9 Å². The third-order valence-electron chi connectivity index (χ3n) is 4.89. The molecule has 0 saturated carbocycles. The molecule has 31 heavy (non-hydrogen) atoms. The lowest BCUT2D eigenvalue weighted by atomic mass is 10.1. The highest BCUT2D eigenvalue weighted by atomic mass is 32.2. The predicted molar refractivity (Wildman–Crippen MR) is 129 cm³/mol. The van der Waals surface area contributed by atoms with Crippen LogP contribution in [0, 0.1) is 0 Å². The highest BCUT2D eigenvalue weighted by molar-refractivity contribution is 7.85. The van der Waals surface area contributed by atoms with E-state index in [1.807, 2.05) is 13.0 Å². The molecule has 0 aliphatic rings. The van der Waals surface area contributed by atoms with Crippen LogP contribution in [-0.2, 0) is 14.9 Å². The summed E-state index contributed by atoms with van der Waals surface area (Å²) in [5, 5.41) is 12.9. The van der Waals surface area contributed by atoms with Crippen molar-refractivity contribution in [3.8, 4) is 0 Å². The van der Waals surface area contributed by atoms with E-state index in [1.165, 1.54) is 25.3 Å². The second kappa shape index (κ2) is 19.3. The largest absolute Gasteiger partial charge is 0.387 e. The zero-order valence-corrected chi connectivity index (χ0v) is 20.2. The molecule has 7 heteroatoms. The summed E-state index contributed by atoms with van der Waals surface area (Å²) in [6.07, 6.45) is 21.7. The lowest BCUT2D eigenvalue weighted by Crippen LogP contribution is -2.46. The van der Waals surface area contributed by atoms with E-state index in [0.717, 1.165) is 44.9 Å². The molecule has 2 unspecified atom stereocenters. The Morgan fingerprint density at radius 2 is 1.45 bits per heavy atom. The molecule has 0 saturated heterocycles. The minimum absolute atomic E-state index is 0.282. The van der Waals surface area contributed by atoms with Gasteiger partial charge in [0.1, 0.15) is 0 Å². The van der Waals surface area contributed by atoms with Crippen LogP contribution >= 0.6 is 0 Å². The number of carbonyl (C=O) groups is 1. The van der Waals surface area contributed by atoms with E-state index in [4.69, 9.17) is 4.55 Å². The van der Waals surface area contributed by atoms with E-state index in [2.05, 4.69) is 30.5 Å². The Bertz CT molecular complexity index is 640. The lowest BCUT2D eigenvalue weighted by Gasteiger charge is -2.21. The maximum absolute atomic E-state index is 12.2. The molecule has 0 aromatic rings. The molecule has 0 aliphatic carbocycles. The van der Waals surface area contributed by atoms with E-state index < -0.39 is 28.0 Å². The first-order valence-corrected chi connectivity index (χ1v) is 13.3. The fourth-order valence-corrected chi connectivity index (χ4v) is 3.87. The molecule has 0 bridgehead atoms. The standard InChI is InChI=1S/C24H43NO5S/c1-3-5-7-9-11-12-14-15-17-19-23(26)22(21-31(28,29)30)25-24(27)20-18-16-13-10-8-6-4-2/h3,5,11-12,17,19,22-23,26H,4,6-10,13-16,18,20-21H2,1-2H3,(H,25,27)(H,28,29,30)/b5-3+,12-11+,19-17+. The zero-order chi connectivity index (χ0) is 23.4. The Balaban J connectivity index is 4.39. The van der Waals surface area contributed by atoms with E-state index in [-0.39, 0.29) is 12.3 Å². The van der Waals surface area contributed by atoms with Crippen LogP contribution in [-0.4, -0.2) is 41.9 Å². The first-order valence-electron chi connectivity index (χ1n) is 11.7. The van der Waals surface area contributed by atoms with Crippen LogP contribution in [0.4, 0.5) is 0 Å². The van der Waals surface area contributed by atoms with Crippen LogP contribution in [0.2, 0.25) is 0 Å². The highest BCUT2D eigenvalue weighted by Crippen LogP contribution is 2.09. The third-order valence-corrected chi connectivity index (χ3v) is 5.67. The van der Waals surface area contributed by atoms with Crippen molar-refractivity contribution in [3.63, 3.8) is 0 Å². The molecule has 0 aromatic carbocycles. The summed E-state index contributed by atoms with van der Waals surface area (Å²) in [6.45, 7) is 4.16. The van der Waals surface area contributed by atoms with Gasteiger partial charge in [-0.2, -0.15) is 8.42 Å². The summed E-state index contributed by atoms with van der Waals surface area (Å²) < 4.78 is 31.8. The molecule has 0 radical (unpaired) electrons. The van der Waals surface area contributed by atoms with Crippen LogP contribution in [0.3, 0.4) is 0 Å². The van der Waals surface area contributed by atoms with Crippen molar-refractivity contribution in [2.45, 2.75) is 103 Å². The smallest absolute Gasteiger partial charge is 0.267 e. The molecule has 0 fully saturated rings. The minimum Gasteiger partial charge on any atom is -0.387 e. The van der Waals surface area contributed by atoms with Crippen LogP contribution < -0.4 is 5.32 Å². The zero-order valence-electron chi connectivity index (χ0n) is 19.3. The van der Waals surface area contributed by atoms with Gasteiger partial charge in [-0.15, -0.1) is 0 Å². The normalized spacial score (nSPS) is 14.6. The molecule has 0 rings (SSSR count). The lowest BCUT2D eigenvalue weighted by molar-refractivity contribution is -0.122. The van der Waals surface area contributed by atoms with Crippen molar-refractivity contribution < 1.29 is 22.9 Å². The molecule has 3 N–H and O–H groups in total. The van der Waals surface area contributed by atoms with Gasteiger partial charge in [0.25, 0.3) is 10.1 Å². The Hall–Kier alpha value is -1.44. The maximum Gasteiger partial charge on any atom is 0.267 e. The average molecular weight is 458 g/mol. The first-order chi connectivity index (χ1) is 14.8. The summed E-state index contributed by atoms with van der Waals surface area (Å²) in [7, 11) is -4.33. The topological polar surface area (TPSA) is 104 Å². The molecular weight excluding hydrogens is 414 g/mol. The van der Waals surface area contributed by atoms with Gasteiger partial charge in [-0.25, -0.2) is 0 Å². The molecular formula is C24H43NO5S. The molecule has 6 nitrogen and oxygen atoms in total. The molecule has 180 valence electrons. The summed E-state index contributed by atoms with van der Waals surface area (Å²) in [4.78, 5) is 12.2. The second-order valence-electron chi connectivity index (χ2n) is 7.91. The minimum atomic E-state index is -4.33. The van der Waals surface area contributed by atoms with Gasteiger partial charge in [0.05, 0.1) is 17.9 Å². The van der Waals surface area contributed by atoms with Crippen molar-refractivity contribution in [1.29, 1.82) is 0 Å². The monoisotopic (exact) mass is 457 g/mol. The predicted octanol–water partition coefficient (Wildman–Crippen LogP) is 5.11. The number of allylic oxidation sites excluding steroid dienone is 5. The Morgan fingerprint density at radius 1 is 0.903 bits per heavy atom. The number of hydrogen-bond donors (Lipinski definition) is 3. The number of unbranched alkanes of at least 4 members (excludes halogenated alkanes) is 8. The molecule has 0 aliphatic heterocycles. The van der Waals surface area contributed by atoms with Gasteiger partial charge in [0, 0.05) is 6.42 Å². The highest BCUT2D eigenvalue weighted by Gasteiger charge is 2.24. The molecule has 2 atom stereocenters. The molecule has 0 spiro atoms. The maximum atomic E-state index is 12.2. The van der Waals surface area contributed by atoms with Gasteiger partial charge < -0.3 is 10.4 Å². The van der Waals surface area contributed by atoms with Crippen LogP contribution in [0.15, 0.2) is 36.5 Å². The van der Waals surface area contributed by atoms with Gasteiger partial charge in [-0.05, 0) is 39.0 Å². The number of rotatable bonds is 19. The van der Waals surface area contributed by atoms with Crippen molar-refractivity contribution in [3.05, 3.63) is 36.5 Å². The second-order valence-corrected chi connectivity index (χ2v) is 9.40. The van der Waals surface area contributed by atoms with Crippen LogP contribution in [0.5, 0.6) is 0 Å². The summed E-state index contributed by atoms with van der Waals surface area (Å²) in [5.41, 5.74) is 0. The average Bonchev–Trinajstić information content (AvgIpc) is 2.70. The first kappa shape index (κ1) is 29.6. The SMILES string of the molecule is C/C=C/CC/C=C/CC/C=C/C(O)C(CS(=O)(=O)O)NC(=O)CCCCCCCCC. The fourth-order valence-electron chi connectivity index (χ4n) is 3.13. The van der Waals surface area contributed by atoms with E-state index in [9.17, 15) is 18.3 Å². The van der Waals surface area contributed by atoms with E-state index >= 15 is 0 Å². The number of carbonyl (C=O) groups excluding carboxylic acids is 1. The van der Waals surface area contributed by atoms with Gasteiger partial charge in [0.2, 0.25) is 5.91 Å². The van der Waals surface area contributed by atoms with Crippen molar-refractivity contribution in [2.75, 3.05) is 5.75 Å². The van der Waals surface area contributed by atoms with Gasteiger partial charge in [-0.1, -0.05) is 81.9 Å². The van der Waals surface area contributed by atoms with Gasteiger partial charge in [0.15, 0.2) is 0 Å². The number of nitrogens with one attached hydrogen (secondary N) is 1. The van der Waals surface area contributed by atoms with Crippen molar-refractivity contribution in [1.82, 2.24) is 5.32 Å². The Labute approximate surface area is 189 Å². The Morgan fingerprint density at radius 3 is 2.03 bits per heavy atom. The van der Waals surface area contributed by atoms with Crippen molar-refractivity contribution in [2.24, 2.45) is 0 Å². The quantitative estimate of drug-likeness (QED) is 0.142. The van der Waals surface area contributed by atoms with Crippen molar-refractivity contribution >= 4 is 16.0 Å². The van der Waals surface area contributed by atoms with Gasteiger partial charge in [-0.3, -0.25) is 9.35 Å². The Kier molecular flexibility index (Phi) is 18.4.